The van der Waals surface area contributed by atoms with Gasteiger partial charge in [0.25, 0.3) is 0 Å². The zero-order chi connectivity index (χ0) is 12.3. The van der Waals surface area contributed by atoms with E-state index in [-0.39, 0.29) is 11.6 Å². The number of hydrogen-bond donors (Lipinski definition) is 2. The third kappa shape index (κ3) is 4.22. The SMILES string of the molecule is C[C@@H](CC(C)(C)N)[C@@H](N)C1=CC[C@H](F)CC1. The summed E-state index contributed by atoms with van der Waals surface area (Å²) in [5, 5.41) is 0. The van der Waals surface area contributed by atoms with E-state index in [1.807, 2.05) is 19.9 Å². The highest BCUT2D eigenvalue weighted by Gasteiger charge is 2.25. The first kappa shape index (κ1) is 13.7. The molecule has 0 radical (unpaired) electrons. The van der Waals surface area contributed by atoms with E-state index in [0.717, 1.165) is 12.8 Å². The molecule has 0 saturated heterocycles. The number of hydrogen-bond acceptors (Lipinski definition) is 2. The van der Waals surface area contributed by atoms with Crippen molar-refractivity contribution < 1.29 is 4.39 Å². The predicted octanol–water partition coefficient (Wildman–Crippen LogP) is 2.53. The van der Waals surface area contributed by atoms with Crippen LogP contribution in [0.1, 0.15) is 46.5 Å². The predicted molar refractivity (Wildman–Crippen MR) is 66.9 cm³/mol. The third-order valence-electron chi connectivity index (χ3n) is 3.27. The van der Waals surface area contributed by atoms with Gasteiger partial charge in [-0.1, -0.05) is 18.6 Å². The summed E-state index contributed by atoms with van der Waals surface area (Å²) in [6.07, 6.45) is 4.17. The van der Waals surface area contributed by atoms with E-state index in [4.69, 9.17) is 11.5 Å². The molecule has 4 N–H and O–H groups in total. The number of halogens is 1. The number of rotatable bonds is 4. The first-order chi connectivity index (χ1) is 7.29. The van der Waals surface area contributed by atoms with E-state index in [1.165, 1.54) is 5.57 Å². The van der Waals surface area contributed by atoms with Gasteiger partial charge in [0.05, 0.1) is 0 Å². The molecule has 94 valence electrons. The largest absolute Gasteiger partial charge is 0.326 e. The highest BCUT2D eigenvalue weighted by atomic mass is 19.1. The molecule has 0 fully saturated rings. The van der Waals surface area contributed by atoms with Crippen molar-refractivity contribution in [3.05, 3.63) is 11.6 Å². The van der Waals surface area contributed by atoms with Crippen LogP contribution in [0.3, 0.4) is 0 Å². The highest BCUT2D eigenvalue weighted by molar-refractivity contribution is 5.15. The summed E-state index contributed by atoms with van der Waals surface area (Å²) in [5.41, 5.74) is 13.2. The quantitative estimate of drug-likeness (QED) is 0.726. The van der Waals surface area contributed by atoms with Gasteiger partial charge in [0.1, 0.15) is 6.17 Å². The number of allylic oxidation sites excluding steroid dienone is 1. The minimum absolute atomic E-state index is 0.0373. The van der Waals surface area contributed by atoms with Crippen LogP contribution in [0.4, 0.5) is 4.39 Å². The maximum Gasteiger partial charge on any atom is 0.104 e. The van der Waals surface area contributed by atoms with Gasteiger partial charge in [0.2, 0.25) is 0 Å². The summed E-state index contributed by atoms with van der Waals surface area (Å²) in [4.78, 5) is 0. The standard InChI is InChI=1S/C13H25FN2/c1-9(8-13(2,3)16)12(15)10-4-6-11(14)7-5-10/h4,9,11-12H,5-8,15-16H2,1-3H3/t9-,11-,12+/m0/s1. The van der Waals surface area contributed by atoms with Crippen LogP contribution >= 0.6 is 0 Å². The van der Waals surface area contributed by atoms with Crippen LogP contribution in [-0.4, -0.2) is 17.8 Å². The summed E-state index contributed by atoms with van der Waals surface area (Å²) < 4.78 is 13.0. The highest BCUT2D eigenvalue weighted by Crippen LogP contribution is 2.27. The van der Waals surface area contributed by atoms with Crippen molar-refractivity contribution in [1.82, 2.24) is 0 Å². The van der Waals surface area contributed by atoms with Crippen LogP contribution in [0, 0.1) is 5.92 Å². The van der Waals surface area contributed by atoms with Crippen LogP contribution in [0.5, 0.6) is 0 Å². The van der Waals surface area contributed by atoms with Crippen molar-refractivity contribution in [3.8, 4) is 0 Å². The minimum atomic E-state index is -0.669. The molecule has 1 aliphatic rings. The van der Waals surface area contributed by atoms with Crippen LogP contribution in [-0.2, 0) is 0 Å². The zero-order valence-corrected chi connectivity index (χ0v) is 10.7. The van der Waals surface area contributed by atoms with Gasteiger partial charge in [0, 0.05) is 11.6 Å². The first-order valence-corrected chi connectivity index (χ1v) is 6.17. The Hall–Kier alpha value is -0.410. The first-order valence-electron chi connectivity index (χ1n) is 6.17. The summed E-state index contributed by atoms with van der Waals surface area (Å²) in [5.74, 6) is 0.349. The van der Waals surface area contributed by atoms with Crippen LogP contribution in [0.15, 0.2) is 11.6 Å². The summed E-state index contributed by atoms with van der Waals surface area (Å²) >= 11 is 0. The van der Waals surface area contributed by atoms with E-state index in [0.29, 0.717) is 18.8 Å². The van der Waals surface area contributed by atoms with Gasteiger partial charge >= 0.3 is 0 Å². The van der Waals surface area contributed by atoms with Crippen molar-refractivity contribution in [2.45, 2.75) is 64.2 Å². The van der Waals surface area contributed by atoms with Crippen molar-refractivity contribution in [2.75, 3.05) is 0 Å². The Morgan fingerprint density at radius 2 is 2.19 bits per heavy atom. The van der Waals surface area contributed by atoms with Crippen molar-refractivity contribution in [3.63, 3.8) is 0 Å². The molecule has 0 bridgehead atoms. The molecule has 3 heteroatoms. The fourth-order valence-corrected chi connectivity index (χ4v) is 2.45. The second kappa shape index (κ2) is 5.28. The molecule has 0 aromatic carbocycles. The molecule has 0 aliphatic heterocycles. The lowest BCUT2D eigenvalue weighted by molar-refractivity contribution is 0.294. The molecular formula is C13H25FN2. The third-order valence-corrected chi connectivity index (χ3v) is 3.27. The second-order valence-corrected chi connectivity index (χ2v) is 5.85. The average Bonchev–Trinajstić information content (AvgIpc) is 2.15. The molecular weight excluding hydrogens is 203 g/mol. The van der Waals surface area contributed by atoms with Crippen molar-refractivity contribution in [1.29, 1.82) is 0 Å². The topological polar surface area (TPSA) is 52.0 Å². The van der Waals surface area contributed by atoms with Gasteiger partial charge in [-0.3, -0.25) is 0 Å². The fraction of sp³-hybridized carbons (Fsp3) is 0.846. The maximum atomic E-state index is 13.0. The molecule has 0 amide bonds. The lowest BCUT2D eigenvalue weighted by atomic mass is 9.82. The summed E-state index contributed by atoms with van der Waals surface area (Å²) in [7, 11) is 0. The number of nitrogens with two attached hydrogens (primary N) is 2. The molecule has 1 aliphatic carbocycles. The molecule has 0 aromatic heterocycles. The Morgan fingerprint density at radius 3 is 2.62 bits per heavy atom. The Balaban J connectivity index is 2.54. The van der Waals surface area contributed by atoms with Crippen LogP contribution < -0.4 is 11.5 Å². The van der Waals surface area contributed by atoms with Crippen LogP contribution in [0.2, 0.25) is 0 Å². The lowest BCUT2D eigenvalue weighted by Gasteiger charge is -2.30. The summed E-state index contributed by atoms with van der Waals surface area (Å²) in [6.45, 7) is 6.16. The molecule has 0 aromatic rings. The summed E-state index contributed by atoms with van der Waals surface area (Å²) in [6, 6.07) is 0.0373. The zero-order valence-electron chi connectivity index (χ0n) is 10.7. The molecule has 16 heavy (non-hydrogen) atoms. The average molecular weight is 228 g/mol. The molecule has 0 unspecified atom stereocenters. The smallest absolute Gasteiger partial charge is 0.104 e. The Morgan fingerprint density at radius 1 is 1.56 bits per heavy atom. The molecule has 0 heterocycles. The van der Waals surface area contributed by atoms with Crippen molar-refractivity contribution in [2.24, 2.45) is 17.4 Å². The Kier molecular flexibility index (Phi) is 4.51. The van der Waals surface area contributed by atoms with E-state index in [1.54, 1.807) is 0 Å². The van der Waals surface area contributed by atoms with Crippen molar-refractivity contribution >= 4 is 0 Å². The molecule has 0 saturated carbocycles. The molecule has 3 atom stereocenters. The molecule has 1 rings (SSSR count). The van der Waals surface area contributed by atoms with E-state index >= 15 is 0 Å². The Bertz CT molecular complexity index is 255. The van der Waals surface area contributed by atoms with E-state index in [2.05, 4.69) is 6.92 Å². The van der Waals surface area contributed by atoms with Gasteiger partial charge in [-0.25, -0.2) is 4.39 Å². The van der Waals surface area contributed by atoms with Gasteiger partial charge < -0.3 is 11.5 Å². The Labute approximate surface area is 98.3 Å². The van der Waals surface area contributed by atoms with E-state index in [9.17, 15) is 4.39 Å². The van der Waals surface area contributed by atoms with Crippen LogP contribution in [0.25, 0.3) is 0 Å². The number of alkyl halides is 1. The monoisotopic (exact) mass is 228 g/mol. The second-order valence-electron chi connectivity index (χ2n) is 5.85. The lowest BCUT2D eigenvalue weighted by Crippen LogP contribution is -2.40. The van der Waals surface area contributed by atoms with E-state index < -0.39 is 6.17 Å². The minimum Gasteiger partial charge on any atom is -0.326 e. The van der Waals surface area contributed by atoms with Gasteiger partial charge in [-0.15, -0.1) is 0 Å². The normalized spacial score (nSPS) is 26.1. The van der Waals surface area contributed by atoms with Gasteiger partial charge in [0.15, 0.2) is 0 Å². The van der Waals surface area contributed by atoms with Gasteiger partial charge in [-0.2, -0.15) is 0 Å². The molecule has 2 nitrogen and oxygen atoms in total. The van der Waals surface area contributed by atoms with Gasteiger partial charge in [-0.05, 0) is 45.4 Å². The molecule has 0 spiro atoms. The maximum absolute atomic E-state index is 13.0. The fourth-order valence-electron chi connectivity index (χ4n) is 2.45.